The summed E-state index contributed by atoms with van der Waals surface area (Å²) in [5.74, 6) is 0.161. The van der Waals surface area contributed by atoms with Crippen LogP contribution in [-0.2, 0) is 11.3 Å². The van der Waals surface area contributed by atoms with Crippen LogP contribution in [0.2, 0.25) is 5.02 Å². The van der Waals surface area contributed by atoms with Crippen molar-refractivity contribution >= 4 is 23.2 Å². The van der Waals surface area contributed by atoms with E-state index in [1.165, 1.54) is 16.9 Å². The normalized spacial score (nSPS) is 10.5. The molecule has 0 bridgehead atoms. The summed E-state index contributed by atoms with van der Waals surface area (Å²) in [6.45, 7) is -0.0871. The molecule has 1 heterocycles. The Labute approximate surface area is 136 Å². The van der Waals surface area contributed by atoms with E-state index in [1.54, 1.807) is 36.4 Å². The number of rotatable bonds is 4. The second kappa shape index (κ2) is 6.45. The minimum Gasteiger partial charge on any atom is -0.508 e. The van der Waals surface area contributed by atoms with Crippen LogP contribution in [0.1, 0.15) is 0 Å². The Kier molecular flexibility index (Phi) is 4.20. The monoisotopic (exact) mass is 329 g/mol. The van der Waals surface area contributed by atoms with Gasteiger partial charge in [0, 0.05) is 22.3 Å². The second-order valence-electron chi connectivity index (χ2n) is 4.75. The van der Waals surface area contributed by atoms with E-state index in [4.69, 9.17) is 11.6 Å². The number of halogens is 1. The Morgan fingerprint density at radius 3 is 2.74 bits per heavy atom. The molecule has 0 radical (unpaired) electrons. The first kappa shape index (κ1) is 15.0. The van der Waals surface area contributed by atoms with Gasteiger partial charge in [0.05, 0.1) is 0 Å². The highest BCUT2D eigenvalue weighted by atomic mass is 35.5. The van der Waals surface area contributed by atoms with Gasteiger partial charge in [-0.05, 0) is 41.6 Å². The molecule has 3 aromatic rings. The van der Waals surface area contributed by atoms with Crippen molar-refractivity contribution in [2.45, 2.75) is 6.54 Å². The Morgan fingerprint density at radius 1 is 1.22 bits per heavy atom. The molecule has 1 amide bonds. The summed E-state index contributed by atoms with van der Waals surface area (Å²) in [5.41, 5.74) is 1.25. The van der Waals surface area contributed by atoms with Gasteiger partial charge in [-0.2, -0.15) is 4.80 Å². The van der Waals surface area contributed by atoms with Gasteiger partial charge in [0.15, 0.2) is 0 Å². The van der Waals surface area contributed by atoms with E-state index in [0.717, 1.165) is 5.56 Å². The number of phenolic OH excluding ortho intramolecular Hbond substituents is 1. The first-order valence-electron chi connectivity index (χ1n) is 6.73. The first-order chi connectivity index (χ1) is 11.1. The van der Waals surface area contributed by atoms with Gasteiger partial charge in [-0.3, -0.25) is 4.79 Å². The Balaban J connectivity index is 1.66. The van der Waals surface area contributed by atoms with Crippen LogP contribution < -0.4 is 5.32 Å². The molecule has 0 aliphatic carbocycles. The number of benzene rings is 2. The summed E-state index contributed by atoms with van der Waals surface area (Å²) in [5, 5.41) is 24.5. The zero-order valence-corrected chi connectivity index (χ0v) is 12.6. The molecule has 0 saturated carbocycles. The summed E-state index contributed by atoms with van der Waals surface area (Å²) in [4.78, 5) is 13.1. The quantitative estimate of drug-likeness (QED) is 0.766. The molecule has 2 aromatic carbocycles. The molecule has 2 N–H and O–H groups in total. The van der Waals surface area contributed by atoms with Crippen LogP contribution >= 0.6 is 11.6 Å². The van der Waals surface area contributed by atoms with Crippen molar-refractivity contribution in [3.63, 3.8) is 0 Å². The highest BCUT2D eigenvalue weighted by Gasteiger charge is 2.09. The molecule has 1 aromatic heterocycles. The third kappa shape index (κ3) is 3.83. The zero-order chi connectivity index (χ0) is 16.2. The molecule has 0 unspecified atom stereocenters. The van der Waals surface area contributed by atoms with Gasteiger partial charge in [-0.15, -0.1) is 10.2 Å². The molecule has 0 saturated heterocycles. The number of anilines is 1. The van der Waals surface area contributed by atoms with Crippen molar-refractivity contribution in [1.82, 2.24) is 20.2 Å². The molecule has 7 nitrogen and oxygen atoms in total. The van der Waals surface area contributed by atoms with Gasteiger partial charge < -0.3 is 10.4 Å². The number of tetrazole rings is 1. The van der Waals surface area contributed by atoms with E-state index in [-0.39, 0.29) is 18.2 Å². The lowest BCUT2D eigenvalue weighted by molar-refractivity contribution is -0.117. The fourth-order valence-electron chi connectivity index (χ4n) is 1.94. The Hall–Kier alpha value is -2.93. The molecule has 116 valence electrons. The van der Waals surface area contributed by atoms with Crippen molar-refractivity contribution < 1.29 is 9.90 Å². The topological polar surface area (TPSA) is 92.9 Å². The average molecular weight is 330 g/mol. The summed E-state index contributed by atoms with van der Waals surface area (Å²) in [7, 11) is 0. The van der Waals surface area contributed by atoms with Crippen LogP contribution in [0.3, 0.4) is 0 Å². The number of nitrogens with zero attached hydrogens (tertiary/aromatic N) is 4. The van der Waals surface area contributed by atoms with Crippen LogP contribution in [0.15, 0.2) is 48.5 Å². The van der Waals surface area contributed by atoms with Crippen LogP contribution in [0.25, 0.3) is 11.4 Å². The average Bonchev–Trinajstić information content (AvgIpc) is 2.96. The number of carbonyl (C=O) groups excluding carboxylic acids is 1. The van der Waals surface area contributed by atoms with Gasteiger partial charge in [0.1, 0.15) is 12.3 Å². The molecule has 3 rings (SSSR count). The van der Waals surface area contributed by atoms with E-state index in [2.05, 4.69) is 20.7 Å². The molecule has 23 heavy (non-hydrogen) atoms. The summed E-state index contributed by atoms with van der Waals surface area (Å²) < 4.78 is 0. The number of hydrogen-bond acceptors (Lipinski definition) is 5. The predicted molar refractivity (Wildman–Crippen MR) is 85.0 cm³/mol. The van der Waals surface area contributed by atoms with E-state index in [1.807, 2.05) is 0 Å². The minimum absolute atomic E-state index is 0.0757. The fourth-order valence-corrected chi connectivity index (χ4v) is 2.06. The molecule has 0 spiro atoms. The molecule has 0 fully saturated rings. The van der Waals surface area contributed by atoms with Crippen LogP contribution in [-0.4, -0.2) is 31.2 Å². The van der Waals surface area contributed by atoms with Crippen molar-refractivity contribution in [2.24, 2.45) is 0 Å². The third-order valence-corrected chi connectivity index (χ3v) is 3.22. The van der Waals surface area contributed by atoms with Crippen molar-refractivity contribution in [3.8, 4) is 17.1 Å². The predicted octanol–water partition coefficient (Wildman–Crippen LogP) is 2.34. The van der Waals surface area contributed by atoms with Crippen LogP contribution in [0.4, 0.5) is 5.69 Å². The lowest BCUT2D eigenvalue weighted by Crippen LogP contribution is -2.20. The number of aromatic nitrogens is 4. The maximum Gasteiger partial charge on any atom is 0.248 e. The van der Waals surface area contributed by atoms with Gasteiger partial charge >= 0.3 is 0 Å². The van der Waals surface area contributed by atoms with Crippen molar-refractivity contribution in [3.05, 3.63) is 53.6 Å². The summed E-state index contributed by atoms with van der Waals surface area (Å²) in [6.07, 6.45) is 0. The van der Waals surface area contributed by atoms with E-state index in [9.17, 15) is 9.90 Å². The van der Waals surface area contributed by atoms with Gasteiger partial charge in [-0.25, -0.2) is 0 Å². The van der Waals surface area contributed by atoms with E-state index >= 15 is 0 Å². The smallest absolute Gasteiger partial charge is 0.248 e. The van der Waals surface area contributed by atoms with Gasteiger partial charge in [0.2, 0.25) is 11.7 Å². The molecular formula is C15H12ClN5O2. The molecular weight excluding hydrogens is 318 g/mol. The fraction of sp³-hybridized carbons (Fsp3) is 0.0667. The number of nitrogens with one attached hydrogen (secondary N) is 1. The van der Waals surface area contributed by atoms with Gasteiger partial charge in [0.25, 0.3) is 0 Å². The second-order valence-corrected chi connectivity index (χ2v) is 5.19. The maximum atomic E-state index is 11.9. The maximum absolute atomic E-state index is 11.9. The largest absolute Gasteiger partial charge is 0.508 e. The molecule has 0 aliphatic heterocycles. The zero-order valence-electron chi connectivity index (χ0n) is 11.8. The van der Waals surface area contributed by atoms with Crippen molar-refractivity contribution in [2.75, 3.05) is 5.32 Å². The third-order valence-electron chi connectivity index (χ3n) is 2.97. The number of aromatic hydroxyl groups is 1. The SMILES string of the molecule is O=C(Cn1nnc(-c2ccc(Cl)cc2)n1)Nc1cccc(O)c1. The number of amides is 1. The van der Waals surface area contributed by atoms with Gasteiger partial charge in [-0.1, -0.05) is 17.7 Å². The highest BCUT2D eigenvalue weighted by molar-refractivity contribution is 6.30. The summed E-state index contributed by atoms with van der Waals surface area (Å²) >= 11 is 5.83. The van der Waals surface area contributed by atoms with E-state index < -0.39 is 0 Å². The number of hydrogen-bond donors (Lipinski definition) is 2. The Bertz CT molecular complexity index is 832. The van der Waals surface area contributed by atoms with E-state index in [0.29, 0.717) is 16.5 Å². The molecule has 0 aliphatic rings. The lowest BCUT2D eigenvalue weighted by Gasteiger charge is -2.04. The molecule has 0 atom stereocenters. The number of carbonyl (C=O) groups is 1. The Morgan fingerprint density at radius 2 is 2.00 bits per heavy atom. The van der Waals surface area contributed by atoms with Crippen molar-refractivity contribution in [1.29, 1.82) is 0 Å². The standard InChI is InChI=1S/C15H12ClN5O2/c16-11-6-4-10(5-7-11)15-18-20-21(19-15)9-14(23)17-12-2-1-3-13(22)8-12/h1-8,22H,9H2,(H,17,23). The molecule has 8 heteroatoms. The lowest BCUT2D eigenvalue weighted by atomic mass is 10.2. The minimum atomic E-state index is -0.323. The highest BCUT2D eigenvalue weighted by Crippen LogP contribution is 2.17. The van der Waals surface area contributed by atoms with Crippen LogP contribution in [0, 0.1) is 0 Å². The summed E-state index contributed by atoms with van der Waals surface area (Å²) in [6, 6.07) is 13.3. The first-order valence-corrected chi connectivity index (χ1v) is 7.10. The van der Waals surface area contributed by atoms with Crippen LogP contribution in [0.5, 0.6) is 5.75 Å². The number of phenols is 1.